The Morgan fingerprint density at radius 3 is 2.46 bits per heavy atom. The van der Waals surface area contributed by atoms with E-state index >= 15 is 0 Å². The summed E-state index contributed by atoms with van der Waals surface area (Å²) in [5, 5.41) is 0. The van der Waals surface area contributed by atoms with Crippen molar-refractivity contribution in [2.24, 2.45) is 11.8 Å². The van der Waals surface area contributed by atoms with Gasteiger partial charge in [-0.1, -0.05) is 0 Å². The van der Waals surface area contributed by atoms with E-state index in [0.29, 0.717) is 6.54 Å². The van der Waals surface area contributed by atoms with E-state index in [2.05, 4.69) is 0 Å². The van der Waals surface area contributed by atoms with Crippen LogP contribution in [0.25, 0.3) is 0 Å². The van der Waals surface area contributed by atoms with Crippen LogP contribution < -0.4 is 0 Å². The molecule has 2 rings (SSSR count). The van der Waals surface area contributed by atoms with E-state index in [4.69, 9.17) is 0 Å². The molecule has 1 aliphatic heterocycles. The fourth-order valence-electron chi connectivity index (χ4n) is 2.35. The van der Waals surface area contributed by atoms with Gasteiger partial charge < -0.3 is 4.90 Å². The maximum absolute atomic E-state index is 13.0. The van der Waals surface area contributed by atoms with Crippen LogP contribution in [0.5, 0.6) is 0 Å². The summed E-state index contributed by atoms with van der Waals surface area (Å²) in [7, 11) is 0. The molecule has 1 saturated carbocycles. The first-order valence-corrected chi connectivity index (χ1v) is 4.45. The lowest BCUT2D eigenvalue weighted by Crippen LogP contribution is -2.42. The number of hydrogen-bond acceptors (Lipinski definition) is 2. The zero-order chi connectivity index (χ0) is 9.75. The second-order valence-electron chi connectivity index (χ2n) is 3.91. The van der Waals surface area contributed by atoms with Crippen molar-refractivity contribution in [2.45, 2.75) is 26.1 Å². The third kappa shape index (κ3) is 1.08. The summed E-state index contributed by atoms with van der Waals surface area (Å²) in [6, 6.07) is -0.488. The van der Waals surface area contributed by atoms with E-state index in [-0.39, 0.29) is 23.5 Å². The third-order valence-corrected chi connectivity index (χ3v) is 3.06. The van der Waals surface area contributed by atoms with Gasteiger partial charge in [0.15, 0.2) is 5.78 Å². The quantitative estimate of drug-likeness (QED) is 0.592. The summed E-state index contributed by atoms with van der Waals surface area (Å²) in [4.78, 5) is 23.8. The molecule has 1 aliphatic carbocycles. The molecule has 0 spiro atoms. The van der Waals surface area contributed by atoms with Crippen LogP contribution >= 0.6 is 0 Å². The first-order chi connectivity index (χ1) is 6.04. The third-order valence-electron chi connectivity index (χ3n) is 3.06. The van der Waals surface area contributed by atoms with E-state index in [1.54, 1.807) is 0 Å². The van der Waals surface area contributed by atoms with Crippen LogP contribution in [-0.2, 0) is 9.59 Å². The number of carbonyl (C=O) groups excluding carboxylic acids is 2. The number of likely N-dealkylation sites (tertiary alicyclic amines) is 1. The second kappa shape index (κ2) is 2.53. The van der Waals surface area contributed by atoms with Gasteiger partial charge in [0.2, 0.25) is 5.91 Å². The van der Waals surface area contributed by atoms with Gasteiger partial charge in [-0.15, -0.1) is 0 Å². The monoisotopic (exact) mass is 185 g/mol. The normalized spacial score (nSPS) is 41.6. The number of rotatable bonds is 1. The van der Waals surface area contributed by atoms with Gasteiger partial charge in [0, 0.05) is 25.3 Å². The molecule has 72 valence electrons. The second-order valence-corrected chi connectivity index (χ2v) is 3.91. The number of ketones is 1. The van der Waals surface area contributed by atoms with Gasteiger partial charge in [0.05, 0.1) is 6.04 Å². The molecule has 1 amide bonds. The van der Waals surface area contributed by atoms with Gasteiger partial charge in [0.1, 0.15) is 6.17 Å². The molecule has 0 aromatic rings. The van der Waals surface area contributed by atoms with Crippen LogP contribution in [0.3, 0.4) is 0 Å². The summed E-state index contributed by atoms with van der Waals surface area (Å²) < 4.78 is 13.0. The molecule has 0 aromatic carbocycles. The Kier molecular flexibility index (Phi) is 1.68. The van der Waals surface area contributed by atoms with E-state index in [9.17, 15) is 14.0 Å². The predicted octanol–water partition coefficient (Wildman–Crippen LogP) is 0.390. The fraction of sp³-hybridized carbons (Fsp3) is 0.778. The van der Waals surface area contributed by atoms with Crippen molar-refractivity contribution >= 4 is 11.7 Å². The van der Waals surface area contributed by atoms with Crippen molar-refractivity contribution < 1.29 is 14.0 Å². The van der Waals surface area contributed by atoms with Crippen LogP contribution in [0.4, 0.5) is 4.39 Å². The molecular weight excluding hydrogens is 173 g/mol. The number of piperidine rings is 1. The lowest BCUT2D eigenvalue weighted by Gasteiger charge is -2.24. The molecule has 1 saturated heterocycles. The zero-order valence-electron chi connectivity index (χ0n) is 7.66. The SMILES string of the molecule is CC(=O)[C@@H]1[C@H]2C(F)[C@H]2CN1C(C)=O. The van der Waals surface area contributed by atoms with Crippen molar-refractivity contribution in [3.63, 3.8) is 0 Å². The highest BCUT2D eigenvalue weighted by Gasteiger charge is 2.64. The van der Waals surface area contributed by atoms with Gasteiger partial charge in [-0.05, 0) is 6.92 Å². The minimum absolute atomic E-state index is 0.0715. The Morgan fingerprint density at radius 1 is 1.38 bits per heavy atom. The highest BCUT2D eigenvalue weighted by atomic mass is 19.1. The summed E-state index contributed by atoms with van der Waals surface area (Å²) in [5.41, 5.74) is 0. The topological polar surface area (TPSA) is 37.4 Å². The molecule has 2 fully saturated rings. The number of Topliss-reactive ketones (excluding diaryl/α,β-unsaturated/α-hetero) is 1. The van der Waals surface area contributed by atoms with Gasteiger partial charge >= 0.3 is 0 Å². The molecule has 13 heavy (non-hydrogen) atoms. The molecule has 2 aliphatic rings. The van der Waals surface area contributed by atoms with E-state index in [1.165, 1.54) is 18.7 Å². The number of hydrogen-bond donors (Lipinski definition) is 0. The Morgan fingerprint density at radius 2 is 2.00 bits per heavy atom. The first-order valence-electron chi connectivity index (χ1n) is 4.45. The number of amides is 1. The van der Waals surface area contributed by atoms with Crippen LogP contribution in [0, 0.1) is 11.8 Å². The molecule has 1 unspecified atom stereocenters. The van der Waals surface area contributed by atoms with Crippen molar-refractivity contribution in [3.8, 4) is 0 Å². The molecule has 0 aromatic heterocycles. The van der Waals surface area contributed by atoms with E-state index in [0.717, 1.165) is 0 Å². The highest BCUT2D eigenvalue weighted by Crippen LogP contribution is 2.52. The Balaban J connectivity index is 2.18. The average Bonchev–Trinajstić information content (AvgIpc) is 2.52. The van der Waals surface area contributed by atoms with Gasteiger partial charge in [-0.3, -0.25) is 9.59 Å². The summed E-state index contributed by atoms with van der Waals surface area (Å²) in [5.74, 6) is -0.498. The maximum atomic E-state index is 13.0. The first kappa shape index (κ1) is 8.66. The summed E-state index contributed by atoms with van der Waals surface area (Å²) in [6.45, 7) is 3.27. The van der Waals surface area contributed by atoms with Crippen molar-refractivity contribution in [2.75, 3.05) is 6.54 Å². The standard InChI is InChI=1S/C9H12FNO2/c1-4(12)9-7-6(8(7)10)3-11(9)5(2)13/h6-9H,3H2,1-2H3/t6-,7+,8?,9+/m0/s1. The average molecular weight is 185 g/mol. The Hall–Kier alpha value is -0.930. The number of nitrogens with zero attached hydrogens (tertiary/aromatic N) is 1. The van der Waals surface area contributed by atoms with Crippen molar-refractivity contribution in [1.82, 2.24) is 4.90 Å². The molecule has 0 bridgehead atoms. The zero-order valence-corrected chi connectivity index (χ0v) is 7.66. The summed E-state index contributed by atoms with van der Waals surface area (Å²) >= 11 is 0. The fourth-order valence-corrected chi connectivity index (χ4v) is 2.35. The molecule has 0 radical (unpaired) electrons. The smallest absolute Gasteiger partial charge is 0.220 e. The molecule has 1 heterocycles. The minimum atomic E-state index is -0.857. The molecule has 4 atom stereocenters. The summed E-state index contributed by atoms with van der Waals surface area (Å²) in [6.07, 6.45) is -0.857. The molecule has 3 nitrogen and oxygen atoms in total. The van der Waals surface area contributed by atoms with Crippen LogP contribution in [-0.4, -0.2) is 35.3 Å². The Labute approximate surface area is 75.9 Å². The lowest BCUT2D eigenvalue weighted by molar-refractivity contribution is -0.136. The van der Waals surface area contributed by atoms with Crippen LogP contribution in [0.2, 0.25) is 0 Å². The Bertz CT molecular complexity index is 279. The number of fused-ring (bicyclic) bond motifs is 1. The highest BCUT2D eigenvalue weighted by molar-refractivity contribution is 5.88. The van der Waals surface area contributed by atoms with Crippen LogP contribution in [0.15, 0.2) is 0 Å². The van der Waals surface area contributed by atoms with Gasteiger partial charge in [-0.2, -0.15) is 0 Å². The largest absolute Gasteiger partial charge is 0.332 e. The lowest BCUT2D eigenvalue weighted by atomic mass is 10.1. The van der Waals surface area contributed by atoms with Gasteiger partial charge in [0.25, 0.3) is 0 Å². The number of carbonyl (C=O) groups is 2. The number of halogens is 1. The molecular formula is C9H12FNO2. The maximum Gasteiger partial charge on any atom is 0.220 e. The van der Waals surface area contributed by atoms with Crippen LogP contribution in [0.1, 0.15) is 13.8 Å². The van der Waals surface area contributed by atoms with E-state index < -0.39 is 12.2 Å². The van der Waals surface area contributed by atoms with Crippen molar-refractivity contribution in [1.29, 1.82) is 0 Å². The van der Waals surface area contributed by atoms with E-state index in [1.807, 2.05) is 0 Å². The number of alkyl halides is 1. The van der Waals surface area contributed by atoms with Gasteiger partial charge in [-0.25, -0.2) is 4.39 Å². The predicted molar refractivity (Wildman–Crippen MR) is 43.7 cm³/mol. The molecule has 0 N–H and O–H groups in total. The minimum Gasteiger partial charge on any atom is -0.332 e. The van der Waals surface area contributed by atoms with Crippen molar-refractivity contribution in [3.05, 3.63) is 0 Å². The molecule has 4 heteroatoms.